The van der Waals surface area contributed by atoms with Crippen molar-refractivity contribution in [3.8, 4) is 0 Å². The highest BCUT2D eigenvalue weighted by Gasteiger charge is 2.17. The van der Waals surface area contributed by atoms with E-state index in [2.05, 4.69) is 30.9 Å². The van der Waals surface area contributed by atoms with Gasteiger partial charge in [-0.05, 0) is 34.5 Å². The van der Waals surface area contributed by atoms with E-state index in [0.29, 0.717) is 5.69 Å². The highest BCUT2D eigenvalue weighted by atomic mass is 79.9. The third-order valence-electron chi connectivity index (χ3n) is 2.24. The van der Waals surface area contributed by atoms with Crippen molar-refractivity contribution in [3.63, 3.8) is 0 Å². The Balaban J connectivity index is 2.77. The molecule has 0 bridgehead atoms. The third-order valence-corrected chi connectivity index (χ3v) is 3.26. The Morgan fingerprint density at radius 2 is 2.27 bits per heavy atom. The van der Waals surface area contributed by atoms with Gasteiger partial charge in [-0.15, -0.1) is 0 Å². The van der Waals surface area contributed by atoms with Gasteiger partial charge in [0.05, 0.1) is 12.6 Å². The molecule has 5 heteroatoms. The lowest BCUT2D eigenvalue weighted by Gasteiger charge is -2.00. The van der Waals surface area contributed by atoms with Gasteiger partial charge in [-0.3, -0.25) is 5.10 Å². The molecule has 0 saturated carbocycles. The lowest BCUT2D eigenvalue weighted by molar-refractivity contribution is 0.0596. The molecule has 15 heavy (non-hydrogen) atoms. The Bertz CT molecular complexity index is 533. The highest BCUT2D eigenvalue weighted by Crippen LogP contribution is 2.28. The van der Waals surface area contributed by atoms with Gasteiger partial charge in [-0.2, -0.15) is 5.10 Å². The van der Waals surface area contributed by atoms with Crippen molar-refractivity contribution in [2.24, 2.45) is 0 Å². The number of carbonyl (C=O) groups is 1. The number of aromatic nitrogens is 2. The van der Waals surface area contributed by atoms with Crippen molar-refractivity contribution in [2.75, 3.05) is 7.11 Å². The molecule has 0 unspecified atom stereocenters. The molecule has 0 radical (unpaired) electrons. The van der Waals surface area contributed by atoms with Crippen LogP contribution in [0.15, 0.2) is 16.6 Å². The minimum absolute atomic E-state index is 0.308. The number of nitrogens with zero attached hydrogens (tertiary/aromatic N) is 1. The van der Waals surface area contributed by atoms with Crippen LogP contribution in [0.4, 0.5) is 0 Å². The number of hydrogen-bond donors (Lipinski definition) is 1. The van der Waals surface area contributed by atoms with Crippen LogP contribution < -0.4 is 0 Å². The number of halogens is 1. The van der Waals surface area contributed by atoms with Crippen molar-refractivity contribution >= 4 is 32.8 Å². The second kappa shape index (κ2) is 3.66. The summed E-state index contributed by atoms with van der Waals surface area (Å²) in [6.45, 7) is 1.96. The van der Waals surface area contributed by atoms with Gasteiger partial charge >= 0.3 is 5.97 Å². The number of methoxy groups -OCH3 is 1. The molecule has 0 spiro atoms. The molecule has 1 N–H and O–H groups in total. The van der Waals surface area contributed by atoms with E-state index in [1.54, 1.807) is 0 Å². The van der Waals surface area contributed by atoms with Gasteiger partial charge in [0.15, 0.2) is 5.69 Å². The number of aryl methyl sites for hydroxylation is 1. The van der Waals surface area contributed by atoms with Crippen molar-refractivity contribution in [3.05, 3.63) is 27.9 Å². The van der Waals surface area contributed by atoms with Crippen molar-refractivity contribution in [2.45, 2.75) is 6.92 Å². The van der Waals surface area contributed by atoms with E-state index in [1.807, 2.05) is 19.1 Å². The van der Waals surface area contributed by atoms with Gasteiger partial charge in [0, 0.05) is 9.86 Å². The molecule has 0 aliphatic carbocycles. The quantitative estimate of drug-likeness (QED) is 0.809. The molecular weight excluding hydrogens is 260 g/mol. The highest BCUT2D eigenvalue weighted by molar-refractivity contribution is 9.10. The number of esters is 1. The molecule has 1 heterocycles. The first kappa shape index (κ1) is 10.2. The Morgan fingerprint density at radius 3 is 2.93 bits per heavy atom. The molecule has 0 fully saturated rings. The molecule has 1 aromatic heterocycles. The summed E-state index contributed by atoms with van der Waals surface area (Å²) in [5.41, 5.74) is 2.17. The third kappa shape index (κ3) is 1.52. The first-order valence-electron chi connectivity index (χ1n) is 4.36. The molecule has 78 valence electrons. The Hall–Kier alpha value is -1.36. The fourth-order valence-electron chi connectivity index (χ4n) is 1.42. The van der Waals surface area contributed by atoms with E-state index in [1.165, 1.54) is 7.11 Å². The van der Waals surface area contributed by atoms with Gasteiger partial charge < -0.3 is 4.74 Å². The number of hydrogen-bond acceptors (Lipinski definition) is 3. The summed E-state index contributed by atoms with van der Waals surface area (Å²) in [5, 5.41) is 7.49. The summed E-state index contributed by atoms with van der Waals surface area (Å²) in [6.07, 6.45) is 0. The summed E-state index contributed by atoms with van der Waals surface area (Å²) in [5.74, 6) is -0.437. The molecule has 0 saturated heterocycles. The van der Waals surface area contributed by atoms with Crippen molar-refractivity contribution in [1.29, 1.82) is 0 Å². The topological polar surface area (TPSA) is 55.0 Å². The predicted molar refractivity (Wildman–Crippen MR) is 59.9 cm³/mol. The molecule has 0 amide bonds. The Kier molecular flexibility index (Phi) is 2.48. The molecule has 2 rings (SSSR count). The monoisotopic (exact) mass is 268 g/mol. The molecule has 1 aromatic carbocycles. The van der Waals surface area contributed by atoms with Crippen LogP contribution in [0, 0.1) is 6.92 Å². The number of fused-ring (bicyclic) bond motifs is 1. The molecule has 0 aliphatic heterocycles. The summed E-state index contributed by atoms with van der Waals surface area (Å²) in [4.78, 5) is 11.4. The SMILES string of the molecule is COC(=O)c1n[nH]c2ccc(C)c(Br)c12. The average molecular weight is 269 g/mol. The molecule has 2 aromatic rings. The zero-order valence-electron chi connectivity index (χ0n) is 8.30. The first-order valence-corrected chi connectivity index (χ1v) is 5.16. The van der Waals surface area contributed by atoms with Gasteiger partial charge in [0.2, 0.25) is 0 Å². The molecule has 0 atom stereocenters. The maximum atomic E-state index is 11.4. The van der Waals surface area contributed by atoms with E-state index in [4.69, 9.17) is 0 Å². The van der Waals surface area contributed by atoms with Crippen LogP contribution in [0.1, 0.15) is 16.1 Å². The van der Waals surface area contributed by atoms with E-state index in [9.17, 15) is 4.79 Å². The number of H-pyrrole nitrogens is 1. The van der Waals surface area contributed by atoms with Crippen LogP contribution in [0.5, 0.6) is 0 Å². The fraction of sp³-hybridized carbons (Fsp3) is 0.200. The van der Waals surface area contributed by atoms with Crippen LogP contribution in [-0.4, -0.2) is 23.3 Å². The van der Waals surface area contributed by atoms with Crippen LogP contribution >= 0.6 is 15.9 Å². The largest absolute Gasteiger partial charge is 0.464 e. The number of rotatable bonds is 1. The number of carbonyl (C=O) groups excluding carboxylic acids is 1. The summed E-state index contributed by atoms with van der Waals surface area (Å²) in [7, 11) is 1.34. The standard InChI is InChI=1S/C10H9BrN2O2/c1-5-3-4-6-7(8(5)11)9(13-12-6)10(14)15-2/h3-4H,1-2H3,(H,12,13). The van der Waals surface area contributed by atoms with E-state index in [0.717, 1.165) is 20.9 Å². The molecule has 0 aliphatic rings. The van der Waals surface area contributed by atoms with E-state index in [-0.39, 0.29) is 0 Å². The summed E-state index contributed by atoms with van der Waals surface area (Å²) >= 11 is 3.44. The van der Waals surface area contributed by atoms with Gasteiger partial charge in [0.25, 0.3) is 0 Å². The maximum absolute atomic E-state index is 11.4. The maximum Gasteiger partial charge on any atom is 0.359 e. The normalized spacial score (nSPS) is 10.6. The smallest absolute Gasteiger partial charge is 0.359 e. The molecule has 4 nitrogen and oxygen atoms in total. The van der Waals surface area contributed by atoms with Crippen molar-refractivity contribution in [1.82, 2.24) is 10.2 Å². The van der Waals surface area contributed by atoms with E-state index >= 15 is 0 Å². The second-order valence-electron chi connectivity index (χ2n) is 3.18. The van der Waals surface area contributed by atoms with Gasteiger partial charge in [-0.1, -0.05) is 6.07 Å². The zero-order valence-corrected chi connectivity index (χ0v) is 9.88. The number of benzene rings is 1. The van der Waals surface area contributed by atoms with Crippen molar-refractivity contribution < 1.29 is 9.53 Å². The number of ether oxygens (including phenoxy) is 1. The summed E-state index contributed by atoms with van der Waals surface area (Å²) in [6, 6.07) is 3.83. The first-order chi connectivity index (χ1) is 7.15. The van der Waals surface area contributed by atoms with Crippen LogP contribution in [-0.2, 0) is 4.74 Å². The van der Waals surface area contributed by atoms with Crippen LogP contribution in [0.2, 0.25) is 0 Å². The average Bonchev–Trinajstić information content (AvgIpc) is 2.67. The van der Waals surface area contributed by atoms with Gasteiger partial charge in [0.1, 0.15) is 0 Å². The van der Waals surface area contributed by atoms with Crippen LogP contribution in [0.25, 0.3) is 10.9 Å². The lowest BCUT2D eigenvalue weighted by Crippen LogP contribution is -2.02. The number of aromatic amines is 1. The minimum Gasteiger partial charge on any atom is -0.464 e. The van der Waals surface area contributed by atoms with E-state index < -0.39 is 5.97 Å². The van der Waals surface area contributed by atoms with Gasteiger partial charge in [-0.25, -0.2) is 4.79 Å². The zero-order chi connectivity index (χ0) is 11.0. The predicted octanol–water partition coefficient (Wildman–Crippen LogP) is 2.42. The van der Waals surface area contributed by atoms with Crippen LogP contribution in [0.3, 0.4) is 0 Å². The fourth-order valence-corrected chi connectivity index (χ4v) is 1.95. The molecular formula is C10H9BrN2O2. The second-order valence-corrected chi connectivity index (χ2v) is 3.98. The summed E-state index contributed by atoms with van der Waals surface area (Å²) < 4.78 is 5.52. The minimum atomic E-state index is -0.437. The Labute approximate surface area is 94.7 Å². The Morgan fingerprint density at radius 1 is 1.53 bits per heavy atom. The lowest BCUT2D eigenvalue weighted by atomic mass is 10.1. The number of nitrogens with one attached hydrogen (secondary N) is 1.